The normalized spacial score (nSPS) is 13.9. The summed E-state index contributed by atoms with van der Waals surface area (Å²) in [5.41, 5.74) is 1.40. The molecule has 0 aliphatic heterocycles. The fourth-order valence-corrected chi connectivity index (χ4v) is 1.99. The number of hydrogen-bond donors (Lipinski definition) is 3. The molecule has 21 heavy (non-hydrogen) atoms. The molecule has 1 aliphatic rings. The molecule has 1 aliphatic carbocycles. The minimum atomic E-state index is -0.301. The number of carbonyl (C=O) groups excluding carboxylic acids is 2. The summed E-state index contributed by atoms with van der Waals surface area (Å²) in [6.07, 6.45) is 3.75. The van der Waals surface area contributed by atoms with Gasteiger partial charge in [0.2, 0.25) is 0 Å². The molecule has 0 atom stereocenters. The molecule has 2 heterocycles. The van der Waals surface area contributed by atoms with Gasteiger partial charge >= 0.3 is 0 Å². The van der Waals surface area contributed by atoms with Gasteiger partial charge in [0.05, 0.1) is 6.26 Å². The molecule has 0 radical (unpaired) electrons. The van der Waals surface area contributed by atoms with Crippen LogP contribution in [0, 0.1) is 0 Å². The number of carbonyl (C=O) groups is 2. The van der Waals surface area contributed by atoms with Crippen molar-refractivity contribution in [2.24, 2.45) is 0 Å². The van der Waals surface area contributed by atoms with E-state index in [1.807, 2.05) is 0 Å². The smallest absolute Gasteiger partial charge is 0.287 e. The lowest BCUT2D eigenvalue weighted by Gasteiger charge is -2.04. The van der Waals surface area contributed by atoms with Crippen LogP contribution in [0.15, 0.2) is 28.9 Å². The number of aromatic nitrogens is 2. The van der Waals surface area contributed by atoms with E-state index in [-0.39, 0.29) is 17.6 Å². The van der Waals surface area contributed by atoms with Crippen LogP contribution in [0.3, 0.4) is 0 Å². The predicted molar refractivity (Wildman–Crippen MR) is 73.9 cm³/mol. The second-order valence-electron chi connectivity index (χ2n) is 4.97. The Kier molecular flexibility index (Phi) is 3.72. The SMILES string of the molecule is O=C(NCCNC(=O)c1ccco1)c1cc(C2CC2)[nH]n1. The summed E-state index contributed by atoms with van der Waals surface area (Å²) >= 11 is 0. The number of nitrogens with one attached hydrogen (secondary N) is 3. The van der Waals surface area contributed by atoms with E-state index in [1.165, 1.54) is 6.26 Å². The van der Waals surface area contributed by atoms with Crippen LogP contribution < -0.4 is 10.6 Å². The van der Waals surface area contributed by atoms with Gasteiger partial charge in [0.25, 0.3) is 11.8 Å². The highest BCUT2D eigenvalue weighted by Crippen LogP contribution is 2.38. The lowest BCUT2D eigenvalue weighted by atomic mass is 10.2. The Morgan fingerprint density at radius 1 is 1.29 bits per heavy atom. The fraction of sp³-hybridized carbons (Fsp3) is 0.357. The maximum absolute atomic E-state index is 11.8. The summed E-state index contributed by atoms with van der Waals surface area (Å²) < 4.78 is 4.96. The molecule has 7 nitrogen and oxygen atoms in total. The number of rotatable bonds is 6. The number of nitrogens with zero attached hydrogens (tertiary/aromatic N) is 1. The maximum atomic E-state index is 11.8. The van der Waals surface area contributed by atoms with Gasteiger partial charge in [-0.2, -0.15) is 5.10 Å². The average Bonchev–Trinajstić information content (AvgIpc) is 3.02. The van der Waals surface area contributed by atoms with Crippen molar-refractivity contribution >= 4 is 11.8 Å². The van der Waals surface area contributed by atoms with Gasteiger partial charge in [-0.25, -0.2) is 0 Å². The molecule has 0 spiro atoms. The van der Waals surface area contributed by atoms with Crippen molar-refractivity contribution in [3.63, 3.8) is 0 Å². The Balaban J connectivity index is 1.40. The van der Waals surface area contributed by atoms with Gasteiger partial charge in [-0.3, -0.25) is 14.7 Å². The van der Waals surface area contributed by atoms with Gasteiger partial charge in [-0.15, -0.1) is 0 Å². The zero-order valence-electron chi connectivity index (χ0n) is 11.4. The second kappa shape index (κ2) is 5.82. The van der Waals surface area contributed by atoms with E-state index < -0.39 is 0 Å². The van der Waals surface area contributed by atoms with Crippen molar-refractivity contribution in [2.75, 3.05) is 13.1 Å². The molecule has 3 rings (SSSR count). The van der Waals surface area contributed by atoms with Gasteiger partial charge in [0, 0.05) is 24.7 Å². The van der Waals surface area contributed by atoms with Gasteiger partial charge in [-0.05, 0) is 31.0 Å². The summed E-state index contributed by atoms with van der Waals surface area (Å²) in [5, 5.41) is 12.2. The van der Waals surface area contributed by atoms with Crippen LogP contribution in [0.25, 0.3) is 0 Å². The largest absolute Gasteiger partial charge is 0.459 e. The number of hydrogen-bond acceptors (Lipinski definition) is 4. The van der Waals surface area contributed by atoms with Crippen LogP contribution in [0.5, 0.6) is 0 Å². The van der Waals surface area contributed by atoms with Crippen molar-refractivity contribution in [3.8, 4) is 0 Å². The lowest BCUT2D eigenvalue weighted by molar-refractivity contribution is 0.0909. The monoisotopic (exact) mass is 288 g/mol. The van der Waals surface area contributed by atoms with Crippen molar-refractivity contribution in [1.29, 1.82) is 0 Å². The van der Waals surface area contributed by atoms with E-state index in [1.54, 1.807) is 18.2 Å². The zero-order valence-corrected chi connectivity index (χ0v) is 11.4. The van der Waals surface area contributed by atoms with E-state index in [2.05, 4.69) is 20.8 Å². The van der Waals surface area contributed by atoms with E-state index in [9.17, 15) is 9.59 Å². The minimum absolute atomic E-state index is 0.245. The number of furan rings is 1. The van der Waals surface area contributed by atoms with Gasteiger partial charge in [0.1, 0.15) is 5.69 Å². The Labute approximate surface area is 121 Å². The third-order valence-electron chi connectivity index (χ3n) is 3.29. The van der Waals surface area contributed by atoms with Gasteiger partial charge in [0.15, 0.2) is 5.76 Å². The molecule has 0 bridgehead atoms. The average molecular weight is 288 g/mol. The number of aromatic amines is 1. The standard InChI is InChI=1S/C14H16N4O3/c19-13(11-8-10(17-18-11)9-3-4-9)15-5-6-16-14(20)12-2-1-7-21-12/h1-2,7-9H,3-6H2,(H,15,19)(H,16,20)(H,17,18). The molecule has 0 unspecified atom stereocenters. The quantitative estimate of drug-likeness (QED) is 0.691. The Bertz CT molecular complexity index is 628. The highest BCUT2D eigenvalue weighted by atomic mass is 16.3. The molecule has 2 aromatic rings. The zero-order chi connectivity index (χ0) is 14.7. The second-order valence-corrected chi connectivity index (χ2v) is 4.97. The van der Waals surface area contributed by atoms with Gasteiger partial charge in [-0.1, -0.05) is 0 Å². The first-order valence-corrected chi connectivity index (χ1v) is 6.89. The van der Waals surface area contributed by atoms with Gasteiger partial charge < -0.3 is 15.1 Å². The highest BCUT2D eigenvalue weighted by Gasteiger charge is 2.26. The first kappa shape index (κ1) is 13.4. The third kappa shape index (κ3) is 3.31. The minimum Gasteiger partial charge on any atom is -0.459 e. The van der Waals surface area contributed by atoms with E-state index in [4.69, 9.17) is 4.42 Å². The molecule has 2 amide bonds. The maximum Gasteiger partial charge on any atom is 0.287 e. The van der Waals surface area contributed by atoms with Crippen LogP contribution in [-0.4, -0.2) is 35.1 Å². The Hall–Kier alpha value is -2.57. The molecule has 2 aromatic heterocycles. The Morgan fingerprint density at radius 2 is 2.05 bits per heavy atom. The molecular weight excluding hydrogens is 272 g/mol. The highest BCUT2D eigenvalue weighted by molar-refractivity contribution is 5.93. The summed E-state index contributed by atoms with van der Waals surface area (Å²) in [6.45, 7) is 0.655. The van der Waals surface area contributed by atoms with E-state index in [0.29, 0.717) is 24.7 Å². The summed E-state index contributed by atoms with van der Waals surface area (Å²) in [4.78, 5) is 23.4. The molecular formula is C14H16N4O3. The molecule has 0 aromatic carbocycles. The molecule has 7 heteroatoms. The molecule has 1 saturated carbocycles. The summed E-state index contributed by atoms with van der Waals surface area (Å²) in [7, 11) is 0. The van der Waals surface area contributed by atoms with E-state index in [0.717, 1.165) is 18.5 Å². The molecule has 3 N–H and O–H groups in total. The van der Waals surface area contributed by atoms with Crippen LogP contribution in [0.4, 0.5) is 0 Å². The first-order chi connectivity index (χ1) is 10.2. The van der Waals surface area contributed by atoms with Crippen molar-refractivity contribution in [2.45, 2.75) is 18.8 Å². The topological polar surface area (TPSA) is 100 Å². The molecule has 0 saturated heterocycles. The van der Waals surface area contributed by atoms with Crippen LogP contribution in [0.2, 0.25) is 0 Å². The van der Waals surface area contributed by atoms with Crippen molar-refractivity contribution in [3.05, 3.63) is 41.6 Å². The van der Waals surface area contributed by atoms with Crippen LogP contribution in [0.1, 0.15) is 45.5 Å². The summed E-state index contributed by atoms with van der Waals surface area (Å²) in [5.74, 6) is 0.241. The molecule has 110 valence electrons. The Morgan fingerprint density at radius 3 is 2.71 bits per heavy atom. The number of H-pyrrole nitrogens is 1. The van der Waals surface area contributed by atoms with Crippen molar-refractivity contribution in [1.82, 2.24) is 20.8 Å². The number of amides is 2. The predicted octanol–water partition coefficient (Wildman–Crippen LogP) is 1.04. The molecule has 1 fully saturated rings. The lowest BCUT2D eigenvalue weighted by Crippen LogP contribution is -2.34. The van der Waals surface area contributed by atoms with E-state index >= 15 is 0 Å². The van der Waals surface area contributed by atoms with Crippen LogP contribution >= 0.6 is 0 Å². The van der Waals surface area contributed by atoms with Crippen LogP contribution in [-0.2, 0) is 0 Å². The fourth-order valence-electron chi connectivity index (χ4n) is 1.99. The first-order valence-electron chi connectivity index (χ1n) is 6.89. The van der Waals surface area contributed by atoms with Crippen molar-refractivity contribution < 1.29 is 14.0 Å². The summed E-state index contributed by atoms with van der Waals surface area (Å²) in [6, 6.07) is 5.01. The third-order valence-corrected chi connectivity index (χ3v) is 3.29.